The van der Waals surface area contributed by atoms with Crippen LogP contribution in [0.5, 0.6) is 0 Å². The monoisotopic (exact) mass is 263 g/mol. The number of hydrogen-bond donors (Lipinski definition) is 0. The summed E-state index contributed by atoms with van der Waals surface area (Å²) in [6, 6.07) is 1.92. The van der Waals surface area contributed by atoms with Gasteiger partial charge in [0.25, 0.3) is 0 Å². The lowest BCUT2D eigenvalue weighted by molar-refractivity contribution is -0.362. The van der Waals surface area contributed by atoms with Gasteiger partial charge >= 0.3 is 5.82 Å². The first-order chi connectivity index (χ1) is 8.33. The van der Waals surface area contributed by atoms with Gasteiger partial charge in [0.15, 0.2) is 6.21 Å². The smallest absolute Gasteiger partial charge is 0.328 e. The van der Waals surface area contributed by atoms with Crippen molar-refractivity contribution in [2.24, 2.45) is 10.4 Å². The maximum absolute atomic E-state index is 6.03. The predicted molar refractivity (Wildman–Crippen MR) is 72.0 cm³/mol. The van der Waals surface area contributed by atoms with E-state index in [2.05, 4.69) is 37.7 Å². The molecule has 2 aliphatic heterocycles. The van der Waals surface area contributed by atoms with Gasteiger partial charge in [-0.25, -0.2) is 4.98 Å². The molecule has 94 valence electrons. The van der Waals surface area contributed by atoms with Gasteiger partial charge in [0.05, 0.1) is 21.6 Å². The molecule has 0 aliphatic carbocycles. The molecular formula is C14H16ClN2O+. The van der Waals surface area contributed by atoms with Crippen LogP contribution in [0.4, 0.5) is 5.82 Å². The van der Waals surface area contributed by atoms with Crippen molar-refractivity contribution < 1.29 is 9.72 Å². The minimum absolute atomic E-state index is 0.00171. The van der Waals surface area contributed by atoms with Crippen LogP contribution >= 0.6 is 11.6 Å². The molecule has 0 radical (unpaired) electrons. The summed E-state index contributed by atoms with van der Waals surface area (Å²) in [6.45, 7) is 8.60. The van der Waals surface area contributed by atoms with Gasteiger partial charge in [-0.3, -0.25) is 0 Å². The first kappa shape index (κ1) is 11.7. The molecule has 0 amide bonds. The lowest BCUT2D eigenvalue weighted by Crippen LogP contribution is -2.54. The van der Waals surface area contributed by atoms with Crippen molar-refractivity contribution >= 4 is 29.2 Å². The molecule has 2 aliphatic rings. The van der Waals surface area contributed by atoms with E-state index in [-0.39, 0.29) is 11.0 Å². The second kappa shape index (κ2) is 3.35. The molecule has 1 aromatic rings. The Morgan fingerprint density at radius 2 is 2.00 bits per heavy atom. The van der Waals surface area contributed by atoms with E-state index in [1.807, 2.05) is 12.3 Å². The molecule has 0 bridgehead atoms. The summed E-state index contributed by atoms with van der Waals surface area (Å²) < 4.78 is 5.95. The average Bonchev–Trinajstić information content (AvgIpc) is 2.68. The Hall–Kier alpha value is -1.35. The van der Waals surface area contributed by atoms with E-state index in [9.17, 15) is 0 Å². The zero-order chi connectivity index (χ0) is 13.1. The van der Waals surface area contributed by atoms with Crippen LogP contribution < -0.4 is 4.98 Å². The van der Waals surface area contributed by atoms with E-state index in [0.29, 0.717) is 5.02 Å². The number of aliphatic imine (C=N–C) groups is 1. The highest BCUT2D eigenvalue weighted by atomic mass is 35.5. The van der Waals surface area contributed by atoms with Crippen molar-refractivity contribution in [3.05, 3.63) is 28.6 Å². The molecule has 0 atom stereocenters. The Morgan fingerprint density at radius 3 is 2.61 bits per heavy atom. The largest absolute Gasteiger partial charge is 0.490 e. The zero-order valence-electron chi connectivity index (χ0n) is 11.0. The number of fused-ring (bicyclic) bond motifs is 1. The molecule has 3 nitrogen and oxygen atoms in total. The predicted octanol–water partition coefficient (Wildman–Crippen LogP) is 3.42. The Balaban J connectivity index is 2.14. The number of aromatic amines is 1. The van der Waals surface area contributed by atoms with Crippen LogP contribution in [0.2, 0.25) is 5.02 Å². The third kappa shape index (κ3) is 1.37. The first-order valence-electron chi connectivity index (χ1n) is 6.02. The van der Waals surface area contributed by atoms with E-state index in [4.69, 9.17) is 16.3 Å². The summed E-state index contributed by atoms with van der Waals surface area (Å²) >= 11 is 6.03. The van der Waals surface area contributed by atoms with E-state index < -0.39 is 0 Å². The topological polar surface area (TPSA) is 35.7 Å². The average molecular weight is 264 g/mol. The van der Waals surface area contributed by atoms with Crippen LogP contribution in [-0.4, -0.2) is 11.8 Å². The molecule has 0 aromatic carbocycles. The summed E-state index contributed by atoms with van der Waals surface area (Å²) in [6.07, 6.45) is 3.59. The Labute approximate surface area is 112 Å². The normalized spacial score (nSPS) is 26.5. The number of halogens is 1. The van der Waals surface area contributed by atoms with Crippen LogP contribution in [0.15, 0.2) is 23.0 Å². The number of hydrogen-bond acceptors (Lipinski definition) is 2. The number of nitrogens with zero attached hydrogens (tertiary/aromatic N) is 1. The standard InChI is InChI=1S/C14H15ClN2O/c1-13(2)11(18-14(13,3)4)10-7-17-12-9(10)5-8(15)6-16-12/h5-7H,1-4H3/p+1. The summed E-state index contributed by atoms with van der Waals surface area (Å²) in [5.74, 6) is 1.83. The van der Waals surface area contributed by atoms with Crippen molar-refractivity contribution in [2.45, 2.75) is 33.3 Å². The highest BCUT2D eigenvalue weighted by molar-refractivity contribution is 6.31. The molecule has 0 unspecified atom stereocenters. The van der Waals surface area contributed by atoms with Crippen LogP contribution in [0, 0.1) is 5.41 Å². The van der Waals surface area contributed by atoms with Crippen molar-refractivity contribution in [2.75, 3.05) is 0 Å². The van der Waals surface area contributed by atoms with E-state index in [1.54, 1.807) is 6.20 Å². The highest BCUT2D eigenvalue weighted by Gasteiger charge is 2.55. The van der Waals surface area contributed by atoms with Gasteiger partial charge in [0, 0.05) is 0 Å². The second-order valence-electron chi connectivity index (χ2n) is 5.82. The summed E-state index contributed by atoms with van der Waals surface area (Å²) in [4.78, 5) is 7.44. The minimum Gasteiger partial charge on any atom is -0.490 e. The molecule has 3 heterocycles. The number of H-pyrrole nitrogens is 1. The second-order valence-corrected chi connectivity index (χ2v) is 6.25. The Morgan fingerprint density at radius 1 is 1.28 bits per heavy atom. The van der Waals surface area contributed by atoms with Crippen LogP contribution in [-0.2, 0) is 4.74 Å². The number of pyridine rings is 1. The number of nitrogens with one attached hydrogen (secondary N) is 1. The molecule has 1 fully saturated rings. The number of allylic oxidation sites excluding steroid dienone is 1. The molecule has 0 spiro atoms. The molecule has 1 N–H and O–H groups in total. The Bertz CT molecular complexity index is 600. The summed E-state index contributed by atoms with van der Waals surface area (Å²) in [7, 11) is 0. The van der Waals surface area contributed by atoms with E-state index in [0.717, 1.165) is 22.7 Å². The van der Waals surface area contributed by atoms with Gasteiger partial charge in [0.1, 0.15) is 17.6 Å². The maximum Gasteiger partial charge on any atom is 0.328 e. The fourth-order valence-corrected chi connectivity index (χ4v) is 2.45. The highest BCUT2D eigenvalue weighted by Crippen LogP contribution is 2.55. The number of aromatic nitrogens is 1. The maximum atomic E-state index is 6.03. The van der Waals surface area contributed by atoms with Crippen molar-refractivity contribution in [1.29, 1.82) is 0 Å². The van der Waals surface area contributed by atoms with Gasteiger partial charge in [-0.2, -0.15) is 0 Å². The number of ether oxygens (including phenoxy) is 1. The first-order valence-corrected chi connectivity index (χ1v) is 6.40. The van der Waals surface area contributed by atoms with Gasteiger partial charge in [-0.05, 0) is 38.8 Å². The summed E-state index contributed by atoms with van der Waals surface area (Å²) in [5.41, 5.74) is 1.90. The zero-order valence-corrected chi connectivity index (χ0v) is 11.7. The molecule has 3 rings (SSSR count). The minimum atomic E-state index is -0.145. The molecule has 18 heavy (non-hydrogen) atoms. The van der Waals surface area contributed by atoms with Gasteiger partial charge in [-0.15, -0.1) is 0 Å². The third-order valence-electron chi connectivity index (χ3n) is 4.17. The molecular weight excluding hydrogens is 248 g/mol. The lowest BCUT2D eigenvalue weighted by Gasteiger charge is -2.54. The van der Waals surface area contributed by atoms with Crippen molar-refractivity contribution in [1.82, 2.24) is 0 Å². The molecule has 4 heteroatoms. The molecule has 1 aromatic heterocycles. The van der Waals surface area contributed by atoms with Crippen LogP contribution in [0.3, 0.4) is 0 Å². The lowest BCUT2D eigenvalue weighted by atomic mass is 9.68. The molecule has 1 saturated heterocycles. The van der Waals surface area contributed by atoms with Crippen molar-refractivity contribution in [3.8, 4) is 0 Å². The van der Waals surface area contributed by atoms with Crippen molar-refractivity contribution in [3.63, 3.8) is 0 Å². The van der Waals surface area contributed by atoms with Gasteiger partial charge in [0.2, 0.25) is 0 Å². The third-order valence-corrected chi connectivity index (χ3v) is 4.39. The van der Waals surface area contributed by atoms with Gasteiger partial charge in [-0.1, -0.05) is 11.6 Å². The Kier molecular flexibility index (Phi) is 2.18. The van der Waals surface area contributed by atoms with Crippen LogP contribution in [0.1, 0.15) is 33.3 Å². The van der Waals surface area contributed by atoms with Gasteiger partial charge < -0.3 is 4.74 Å². The fraction of sp³-hybridized carbons (Fsp3) is 0.429. The quantitative estimate of drug-likeness (QED) is 0.706. The number of rotatable bonds is 0. The van der Waals surface area contributed by atoms with E-state index in [1.165, 1.54) is 0 Å². The van der Waals surface area contributed by atoms with E-state index >= 15 is 0 Å². The molecule has 0 saturated carbocycles. The fourth-order valence-electron chi connectivity index (χ4n) is 2.28. The van der Waals surface area contributed by atoms with Crippen LogP contribution in [0.25, 0.3) is 5.57 Å². The SMILES string of the molecule is CC1(C)OC(=C2C=Nc3[nH+]cc(Cl)cc32)C1(C)C. The summed E-state index contributed by atoms with van der Waals surface area (Å²) in [5, 5.41) is 0.675.